The molecule has 2 N–H and O–H groups in total. The summed E-state index contributed by atoms with van der Waals surface area (Å²) in [4.78, 5) is 14.6. The summed E-state index contributed by atoms with van der Waals surface area (Å²) >= 11 is 0. The molecular weight excluding hydrogens is 362 g/mol. The summed E-state index contributed by atoms with van der Waals surface area (Å²) in [6.45, 7) is 6.79. The highest BCUT2D eigenvalue weighted by Crippen LogP contribution is 2.27. The molecule has 0 bridgehead atoms. The molecule has 2 aliphatic rings. The molecule has 2 aromatic carbocycles. The van der Waals surface area contributed by atoms with Gasteiger partial charge in [-0.3, -0.25) is 4.90 Å². The van der Waals surface area contributed by atoms with Crippen molar-refractivity contribution in [3.63, 3.8) is 0 Å². The van der Waals surface area contributed by atoms with Gasteiger partial charge in [0.25, 0.3) is 0 Å². The lowest BCUT2D eigenvalue weighted by molar-refractivity contribution is 0.185. The summed E-state index contributed by atoms with van der Waals surface area (Å²) in [5.41, 5.74) is 3.66. The quantitative estimate of drug-likeness (QED) is 0.786. The van der Waals surface area contributed by atoms with Gasteiger partial charge in [-0.15, -0.1) is 0 Å². The van der Waals surface area contributed by atoms with E-state index in [0.29, 0.717) is 13.1 Å². The van der Waals surface area contributed by atoms with Crippen LogP contribution in [0.25, 0.3) is 0 Å². The van der Waals surface area contributed by atoms with E-state index in [0.717, 1.165) is 30.2 Å². The number of hydrogen-bond donors (Lipinski definition) is 2. The Balaban J connectivity index is 1.16. The van der Waals surface area contributed by atoms with Crippen LogP contribution in [0.1, 0.15) is 36.5 Å². The number of fused-ring (bicyclic) bond motifs is 1. The van der Waals surface area contributed by atoms with E-state index in [4.69, 9.17) is 4.74 Å². The predicted molar refractivity (Wildman–Crippen MR) is 115 cm³/mol. The minimum atomic E-state index is -0.156. The molecule has 1 unspecified atom stereocenters. The number of likely N-dealkylation sites (tertiary alicyclic amines) is 1. The van der Waals surface area contributed by atoms with Gasteiger partial charge >= 0.3 is 6.03 Å². The smallest absolute Gasteiger partial charge is 0.315 e. The first kappa shape index (κ1) is 19.8. The average Bonchev–Trinajstić information content (AvgIpc) is 3.16. The number of carbonyl (C=O) groups is 1. The van der Waals surface area contributed by atoms with Crippen molar-refractivity contribution in [3.05, 3.63) is 65.2 Å². The zero-order chi connectivity index (χ0) is 20.1. The van der Waals surface area contributed by atoms with Crippen LogP contribution in [0.5, 0.6) is 5.75 Å². The van der Waals surface area contributed by atoms with Crippen LogP contribution in [0.15, 0.2) is 48.5 Å². The highest BCUT2D eigenvalue weighted by Gasteiger charge is 2.22. The second kappa shape index (κ2) is 9.31. The van der Waals surface area contributed by atoms with Gasteiger partial charge in [-0.25, -0.2) is 4.79 Å². The van der Waals surface area contributed by atoms with Gasteiger partial charge in [-0.2, -0.15) is 0 Å². The largest absolute Gasteiger partial charge is 0.488 e. The lowest BCUT2D eigenvalue weighted by Crippen LogP contribution is -2.40. The van der Waals surface area contributed by atoms with Gasteiger partial charge in [-0.1, -0.05) is 49.4 Å². The number of ether oxygens (including phenoxy) is 1. The van der Waals surface area contributed by atoms with E-state index >= 15 is 0 Å². The maximum atomic E-state index is 12.1. The zero-order valence-corrected chi connectivity index (χ0v) is 17.2. The number of piperidine rings is 1. The summed E-state index contributed by atoms with van der Waals surface area (Å²) in [5, 5.41) is 5.85. The zero-order valence-electron chi connectivity index (χ0n) is 17.2. The molecule has 0 saturated carbocycles. The van der Waals surface area contributed by atoms with Gasteiger partial charge in [0.15, 0.2) is 0 Å². The van der Waals surface area contributed by atoms with E-state index in [1.54, 1.807) is 0 Å². The van der Waals surface area contributed by atoms with Crippen LogP contribution in [0.2, 0.25) is 0 Å². The third-order valence-electron chi connectivity index (χ3n) is 5.96. The standard InChI is InChI=1S/C24H31N3O2/c1-18-10-12-27(13-11-18)17-20-8-6-19(7-9-20)15-25-24(28)26-16-22-14-21-4-2-3-5-23(21)29-22/h2-9,18,22H,10-17H2,1H3,(H2,25,26,28). The third kappa shape index (κ3) is 5.51. The van der Waals surface area contributed by atoms with Crippen molar-refractivity contribution in [1.29, 1.82) is 0 Å². The predicted octanol–water partition coefficient (Wildman–Crippen LogP) is 3.72. The van der Waals surface area contributed by atoms with Crippen molar-refractivity contribution in [2.24, 2.45) is 5.92 Å². The number of nitrogens with zero attached hydrogens (tertiary/aromatic N) is 1. The fourth-order valence-corrected chi connectivity index (χ4v) is 4.06. The molecular formula is C24H31N3O2. The normalized spacial score (nSPS) is 19.4. The van der Waals surface area contributed by atoms with E-state index in [1.807, 2.05) is 18.2 Å². The number of para-hydroxylation sites is 1. The third-order valence-corrected chi connectivity index (χ3v) is 5.96. The molecule has 4 rings (SSSR count). The Morgan fingerprint density at radius 3 is 2.52 bits per heavy atom. The Morgan fingerprint density at radius 2 is 1.76 bits per heavy atom. The van der Waals surface area contributed by atoms with E-state index < -0.39 is 0 Å². The molecule has 2 heterocycles. The Labute approximate surface area is 173 Å². The molecule has 0 radical (unpaired) electrons. The fraction of sp³-hybridized carbons (Fsp3) is 0.458. The van der Waals surface area contributed by atoms with E-state index in [9.17, 15) is 4.79 Å². The molecule has 5 nitrogen and oxygen atoms in total. The molecule has 29 heavy (non-hydrogen) atoms. The van der Waals surface area contributed by atoms with E-state index in [2.05, 4.69) is 52.8 Å². The maximum Gasteiger partial charge on any atom is 0.315 e. The van der Waals surface area contributed by atoms with Crippen molar-refractivity contribution < 1.29 is 9.53 Å². The lowest BCUT2D eigenvalue weighted by atomic mass is 9.99. The molecule has 0 aromatic heterocycles. The van der Waals surface area contributed by atoms with E-state index in [-0.39, 0.29) is 12.1 Å². The summed E-state index contributed by atoms with van der Waals surface area (Å²) in [5.74, 6) is 1.79. The molecule has 0 spiro atoms. The van der Waals surface area contributed by atoms with Gasteiger partial charge in [-0.05, 0) is 54.6 Å². The van der Waals surface area contributed by atoms with Crippen molar-refractivity contribution in [3.8, 4) is 5.75 Å². The first-order valence-electron chi connectivity index (χ1n) is 10.7. The maximum absolute atomic E-state index is 12.1. The average molecular weight is 394 g/mol. The second-order valence-electron chi connectivity index (χ2n) is 8.39. The van der Waals surface area contributed by atoms with E-state index in [1.165, 1.54) is 37.1 Å². The van der Waals surface area contributed by atoms with Gasteiger partial charge in [0, 0.05) is 19.5 Å². The van der Waals surface area contributed by atoms with Crippen molar-refractivity contribution in [2.45, 2.75) is 45.4 Å². The molecule has 2 amide bonds. The molecule has 2 aromatic rings. The summed E-state index contributed by atoms with van der Waals surface area (Å²) in [6.07, 6.45) is 3.45. The first-order chi connectivity index (χ1) is 14.2. The number of carbonyl (C=O) groups excluding carboxylic acids is 1. The second-order valence-corrected chi connectivity index (χ2v) is 8.39. The number of benzene rings is 2. The monoisotopic (exact) mass is 393 g/mol. The highest BCUT2D eigenvalue weighted by molar-refractivity contribution is 5.73. The summed E-state index contributed by atoms with van der Waals surface area (Å²) in [7, 11) is 0. The van der Waals surface area contributed by atoms with Crippen molar-refractivity contribution >= 4 is 6.03 Å². The van der Waals surface area contributed by atoms with Gasteiger partial charge in [0.1, 0.15) is 11.9 Å². The summed E-state index contributed by atoms with van der Waals surface area (Å²) in [6, 6.07) is 16.5. The molecule has 5 heteroatoms. The Bertz CT molecular complexity index is 788. The van der Waals surface area contributed by atoms with Crippen LogP contribution in [0.3, 0.4) is 0 Å². The minimum absolute atomic E-state index is 0.00945. The molecule has 1 atom stereocenters. The van der Waals surface area contributed by atoms with Crippen LogP contribution in [-0.4, -0.2) is 36.7 Å². The highest BCUT2D eigenvalue weighted by atomic mass is 16.5. The van der Waals surface area contributed by atoms with Crippen molar-refractivity contribution in [1.82, 2.24) is 15.5 Å². The SMILES string of the molecule is CC1CCN(Cc2ccc(CNC(=O)NCC3Cc4ccccc4O3)cc2)CC1. The fourth-order valence-electron chi connectivity index (χ4n) is 4.06. The Hall–Kier alpha value is -2.53. The van der Waals surface area contributed by atoms with Crippen LogP contribution >= 0.6 is 0 Å². The molecule has 2 aliphatic heterocycles. The topological polar surface area (TPSA) is 53.6 Å². The van der Waals surface area contributed by atoms with Crippen molar-refractivity contribution in [2.75, 3.05) is 19.6 Å². The number of hydrogen-bond acceptors (Lipinski definition) is 3. The number of rotatable bonds is 6. The number of amides is 2. The Morgan fingerprint density at radius 1 is 1.03 bits per heavy atom. The van der Waals surface area contributed by atoms with Crippen LogP contribution in [-0.2, 0) is 19.5 Å². The summed E-state index contributed by atoms with van der Waals surface area (Å²) < 4.78 is 5.85. The van der Waals surface area contributed by atoms with Crippen LogP contribution in [0, 0.1) is 5.92 Å². The molecule has 1 fully saturated rings. The van der Waals surface area contributed by atoms with Crippen LogP contribution in [0.4, 0.5) is 4.79 Å². The molecule has 154 valence electrons. The van der Waals surface area contributed by atoms with Gasteiger partial charge in [0.2, 0.25) is 0 Å². The molecule has 1 saturated heterocycles. The van der Waals surface area contributed by atoms with Crippen LogP contribution < -0.4 is 15.4 Å². The van der Waals surface area contributed by atoms with Gasteiger partial charge < -0.3 is 15.4 Å². The lowest BCUT2D eigenvalue weighted by Gasteiger charge is -2.30. The number of urea groups is 1. The minimum Gasteiger partial charge on any atom is -0.488 e. The molecule has 0 aliphatic carbocycles. The van der Waals surface area contributed by atoms with Gasteiger partial charge in [0.05, 0.1) is 6.54 Å². The first-order valence-corrected chi connectivity index (χ1v) is 10.7. The Kier molecular flexibility index (Phi) is 6.35. The number of nitrogens with one attached hydrogen (secondary N) is 2.